The molecule has 2 N–H and O–H groups in total. The van der Waals surface area contributed by atoms with Crippen molar-refractivity contribution in [2.75, 3.05) is 16.3 Å². The minimum Gasteiger partial charge on any atom is -0.320 e. The maximum Gasteiger partial charge on any atom is 0.256 e. The maximum absolute atomic E-state index is 13.4. The van der Waals surface area contributed by atoms with Crippen molar-refractivity contribution in [3.05, 3.63) is 47.3 Å². The molecule has 4 rings (SSSR count). The first-order valence-corrected chi connectivity index (χ1v) is 12.1. The van der Waals surface area contributed by atoms with Gasteiger partial charge in [-0.05, 0) is 58.7 Å². The molecule has 1 aliphatic rings. The molecule has 164 valence electrons. The van der Waals surface area contributed by atoms with Crippen LogP contribution in [-0.4, -0.2) is 35.3 Å². The molecule has 0 aliphatic heterocycles. The maximum atomic E-state index is 13.4. The Hall–Kier alpha value is -2.94. The van der Waals surface area contributed by atoms with Crippen molar-refractivity contribution in [1.82, 2.24) is 14.8 Å². The molecule has 0 spiro atoms. The van der Waals surface area contributed by atoms with E-state index in [2.05, 4.69) is 35.9 Å². The summed E-state index contributed by atoms with van der Waals surface area (Å²) in [6.45, 7) is 8.03. The minimum absolute atomic E-state index is 0.290. The predicted molar refractivity (Wildman–Crippen MR) is 122 cm³/mol. The van der Waals surface area contributed by atoms with Crippen LogP contribution in [0.2, 0.25) is 0 Å². The van der Waals surface area contributed by atoms with Crippen molar-refractivity contribution in [3.8, 4) is 0 Å². The monoisotopic (exact) mass is 441 g/mol. The Balaban J connectivity index is 1.81. The van der Waals surface area contributed by atoms with Crippen molar-refractivity contribution in [2.24, 2.45) is 0 Å². The van der Waals surface area contributed by atoms with Gasteiger partial charge >= 0.3 is 0 Å². The van der Waals surface area contributed by atoms with Crippen LogP contribution < -0.4 is 10.0 Å². The van der Waals surface area contributed by atoms with Gasteiger partial charge in [-0.15, -0.1) is 0 Å². The summed E-state index contributed by atoms with van der Waals surface area (Å²) in [5.74, 6) is 0.0346. The molecule has 1 saturated carbocycles. The molecule has 31 heavy (non-hydrogen) atoms. The van der Waals surface area contributed by atoms with E-state index in [1.807, 2.05) is 17.7 Å². The zero-order valence-corrected chi connectivity index (χ0v) is 19.2. The van der Waals surface area contributed by atoms with Crippen LogP contribution in [0.15, 0.2) is 30.3 Å². The summed E-state index contributed by atoms with van der Waals surface area (Å²) in [4.78, 5) is 18.3. The average molecular weight is 442 g/mol. The second-order valence-corrected chi connectivity index (χ2v) is 10.9. The Morgan fingerprint density at radius 3 is 2.39 bits per heavy atom. The molecule has 1 aromatic carbocycles. The van der Waals surface area contributed by atoms with Gasteiger partial charge in [0, 0.05) is 11.6 Å². The van der Waals surface area contributed by atoms with Gasteiger partial charge in [0.05, 0.1) is 39.8 Å². The number of nitrogens with one attached hydrogen (secondary N) is 2. The van der Waals surface area contributed by atoms with E-state index in [0.717, 1.165) is 30.5 Å². The molecule has 8 nitrogen and oxygen atoms in total. The number of para-hydroxylation sites is 2. The first-order chi connectivity index (χ1) is 14.4. The number of amides is 1. The van der Waals surface area contributed by atoms with Gasteiger partial charge in [0.25, 0.3) is 5.91 Å². The Bertz CT molecular complexity index is 1280. The van der Waals surface area contributed by atoms with Gasteiger partial charge < -0.3 is 5.32 Å². The third-order valence-corrected chi connectivity index (χ3v) is 5.77. The van der Waals surface area contributed by atoms with Gasteiger partial charge in [-0.1, -0.05) is 12.1 Å². The van der Waals surface area contributed by atoms with E-state index in [4.69, 9.17) is 4.98 Å². The van der Waals surface area contributed by atoms with Gasteiger partial charge in [0.2, 0.25) is 10.0 Å². The van der Waals surface area contributed by atoms with Gasteiger partial charge in [0.1, 0.15) is 0 Å². The fourth-order valence-electron chi connectivity index (χ4n) is 3.61. The van der Waals surface area contributed by atoms with Crippen LogP contribution >= 0.6 is 0 Å². The molecule has 2 heterocycles. The van der Waals surface area contributed by atoms with Crippen LogP contribution in [-0.2, 0) is 15.6 Å². The summed E-state index contributed by atoms with van der Waals surface area (Å²) in [6.07, 6.45) is 3.19. The summed E-state index contributed by atoms with van der Waals surface area (Å²) in [6, 6.07) is 8.57. The summed E-state index contributed by atoms with van der Waals surface area (Å²) < 4.78 is 27.7. The number of carbonyl (C=O) groups excluding carboxylic acids is 1. The Morgan fingerprint density at radius 2 is 1.81 bits per heavy atom. The zero-order chi connectivity index (χ0) is 22.6. The smallest absolute Gasteiger partial charge is 0.256 e. The van der Waals surface area contributed by atoms with Crippen LogP contribution in [0.3, 0.4) is 0 Å². The highest BCUT2D eigenvalue weighted by atomic mass is 32.2. The third-order valence-electron chi connectivity index (χ3n) is 5.18. The van der Waals surface area contributed by atoms with E-state index in [1.165, 1.54) is 0 Å². The lowest BCUT2D eigenvalue weighted by molar-refractivity contribution is 0.102. The Kier molecular flexibility index (Phi) is 5.04. The molecule has 9 heteroatoms. The second kappa shape index (κ2) is 7.33. The average Bonchev–Trinajstić information content (AvgIpc) is 3.44. The molecule has 0 radical (unpaired) electrons. The second-order valence-electron chi connectivity index (χ2n) is 9.11. The normalized spacial score (nSPS) is 14.6. The zero-order valence-electron chi connectivity index (χ0n) is 18.4. The lowest BCUT2D eigenvalue weighted by Crippen LogP contribution is -2.24. The number of aromatic nitrogens is 3. The highest BCUT2D eigenvalue weighted by molar-refractivity contribution is 7.92. The van der Waals surface area contributed by atoms with E-state index in [0.29, 0.717) is 33.9 Å². The number of sulfonamides is 1. The Morgan fingerprint density at radius 1 is 1.16 bits per heavy atom. The summed E-state index contributed by atoms with van der Waals surface area (Å²) in [7, 11) is -3.49. The molecular weight excluding hydrogens is 414 g/mol. The standard InChI is InChI=1S/C22H27N5O3S/c1-13-19-15(21(28)24-16-8-6-7-9-17(16)26-31(5,29)30)12-18(14-10-11-14)23-20(19)27(25-13)22(2,3)4/h6-9,12,14,26H,10-11H2,1-5H3,(H,24,28). The van der Waals surface area contributed by atoms with E-state index < -0.39 is 10.0 Å². The lowest BCUT2D eigenvalue weighted by atomic mass is 10.1. The molecule has 0 unspecified atom stereocenters. The number of carbonyl (C=O) groups is 1. The fourth-order valence-corrected chi connectivity index (χ4v) is 4.19. The summed E-state index contributed by atoms with van der Waals surface area (Å²) in [5, 5.41) is 8.27. The van der Waals surface area contributed by atoms with Crippen molar-refractivity contribution in [2.45, 2.75) is 52.0 Å². The van der Waals surface area contributed by atoms with Gasteiger partial charge in [-0.3, -0.25) is 9.52 Å². The van der Waals surface area contributed by atoms with E-state index in [9.17, 15) is 13.2 Å². The molecule has 1 aliphatic carbocycles. The number of hydrogen-bond acceptors (Lipinski definition) is 5. The number of aryl methyl sites for hydroxylation is 1. The molecule has 1 amide bonds. The van der Waals surface area contributed by atoms with Crippen LogP contribution in [0.25, 0.3) is 11.0 Å². The number of rotatable bonds is 5. The number of anilines is 2. The minimum atomic E-state index is -3.49. The van der Waals surface area contributed by atoms with Crippen LogP contribution in [0.4, 0.5) is 11.4 Å². The number of benzene rings is 1. The van der Waals surface area contributed by atoms with Crippen LogP contribution in [0, 0.1) is 6.92 Å². The molecule has 0 saturated heterocycles. The fraction of sp³-hybridized carbons (Fsp3) is 0.409. The highest BCUT2D eigenvalue weighted by Crippen LogP contribution is 2.41. The largest absolute Gasteiger partial charge is 0.320 e. The molecule has 3 aromatic rings. The third kappa shape index (κ3) is 4.41. The number of hydrogen-bond donors (Lipinski definition) is 2. The molecule has 1 fully saturated rings. The molecule has 0 atom stereocenters. The number of pyridine rings is 1. The molecule has 0 bridgehead atoms. The summed E-state index contributed by atoms with van der Waals surface area (Å²) in [5.41, 5.74) is 3.22. The van der Waals surface area contributed by atoms with E-state index in [-0.39, 0.29) is 11.4 Å². The first kappa shape index (κ1) is 21.3. The van der Waals surface area contributed by atoms with E-state index in [1.54, 1.807) is 24.3 Å². The molecular formula is C22H27N5O3S. The van der Waals surface area contributed by atoms with Gasteiger partial charge in [-0.25, -0.2) is 18.1 Å². The SMILES string of the molecule is Cc1nn(C(C)(C)C)c2nc(C3CC3)cc(C(=O)Nc3ccccc3NS(C)(=O)=O)c12. The van der Waals surface area contributed by atoms with Gasteiger partial charge in [-0.2, -0.15) is 5.10 Å². The summed E-state index contributed by atoms with van der Waals surface area (Å²) >= 11 is 0. The first-order valence-electron chi connectivity index (χ1n) is 10.2. The molecule has 2 aromatic heterocycles. The number of nitrogens with zero attached hydrogens (tertiary/aromatic N) is 3. The van der Waals surface area contributed by atoms with E-state index >= 15 is 0 Å². The van der Waals surface area contributed by atoms with Crippen LogP contribution in [0.1, 0.15) is 61.3 Å². The van der Waals surface area contributed by atoms with Crippen molar-refractivity contribution >= 4 is 38.3 Å². The van der Waals surface area contributed by atoms with Crippen LogP contribution in [0.5, 0.6) is 0 Å². The topological polar surface area (TPSA) is 106 Å². The number of fused-ring (bicyclic) bond motifs is 1. The van der Waals surface area contributed by atoms with Crippen molar-refractivity contribution < 1.29 is 13.2 Å². The Labute approximate surface area is 182 Å². The van der Waals surface area contributed by atoms with Crippen molar-refractivity contribution in [3.63, 3.8) is 0 Å². The highest BCUT2D eigenvalue weighted by Gasteiger charge is 2.30. The lowest BCUT2D eigenvalue weighted by Gasteiger charge is -2.20. The van der Waals surface area contributed by atoms with Crippen molar-refractivity contribution in [1.29, 1.82) is 0 Å². The quantitative estimate of drug-likeness (QED) is 0.623. The van der Waals surface area contributed by atoms with Gasteiger partial charge in [0.15, 0.2) is 5.65 Å². The predicted octanol–water partition coefficient (Wildman–Crippen LogP) is 4.00.